The van der Waals surface area contributed by atoms with Crippen molar-refractivity contribution in [2.24, 2.45) is 0 Å². The molecular formula is C34H32ClF2N7O2. The van der Waals surface area contributed by atoms with Crippen LogP contribution in [0.15, 0.2) is 55.4 Å². The second-order valence-corrected chi connectivity index (χ2v) is 12.6. The molecule has 3 saturated heterocycles. The Hall–Kier alpha value is -4.40. The molecule has 2 aromatic heterocycles. The summed E-state index contributed by atoms with van der Waals surface area (Å²) in [7, 11) is 0. The molecule has 9 nitrogen and oxygen atoms in total. The van der Waals surface area contributed by atoms with Gasteiger partial charge >= 0.3 is 6.01 Å². The number of carbonyl (C=O) groups excluding carboxylic acids is 1. The zero-order valence-corrected chi connectivity index (χ0v) is 25.9. The Balaban J connectivity index is 1.33. The number of hydrogen-bond acceptors (Lipinski definition) is 7. The van der Waals surface area contributed by atoms with Gasteiger partial charge in [0, 0.05) is 77.3 Å². The van der Waals surface area contributed by atoms with Gasteiger partial charge in [0.25, 0.3) is 0 Å². The van der Waals surface area contributed by atoms with Crippen molar-refractivity contribution in [1.29, 1.82) is 0 Å². The highest BCUT2D eigenvalue weighted by atomic mass is 35.5. The molecule has 1 amide bonds. The van der Waals surface area contributed by atoms with Crippen LogP contribution < -0.4 is 9.64 Å². The Morgan fingerprint density at radius 1 is 1.17 bits per heavy atom. The zero-order valence-electron chi connectivity index (χ0n) is 25.1. The van der Waals surface area contributed by atoms with E-state index in [2.05, 4.69) is 26.3 Å². The third-order valence-corrected chi connectivity index (χ3v) is 9.88. The van der Waals surface area contributed by atoms with Gasteiger partial charge in [-0.15, -0.1) is 0 Å². The Kier molecular flexibility index (Phi) is 7.95. The number of carbonyl (C=O) groups is 1. The Labute approximate surface area is 270 Å². The van der Waals surface area contributed by atoms with Gasteiger partial charge in [-0.3, -0.25) is 14.7 Å². The summed E-state index contributed by atoms with van der Waals surface area (Å²) in [6, 6.07) is 8.47. The number of amides is 1. The molecule has 0 radical (unpaired) electrons. The monoisotopic (exact) mass is 643 g/mol. The highest BCUT2D eigenvalue weighted by Gasteiger charge is 2.49. The second kappa shape index (κ2) is 12.1. The molecule has 0 spiro atoms. The van der Waals surface area contributed by atoms with E-state index in [0.717, 1.165) is 24.8 Å². The van der Waals surface area contributed by atoms with Crippen molar-refractivity contribution in [3.63, 3.8) is 0 Å². The van der Waals surface area contributed by atoms with Crippen LogP contribution in [0, 0.1) is 12.4 Å². The lowest BCUT2D eigenvalue weighted by molar-refractivity contribution is -0.128. The molecule has 3 aliphatic rings. The van der Waals surface area contributed by atoms with Crippen molar-refractivity contribution in [1.82, 2.24) is 24.8 Å². The molecule has 0 aliphatic carbocycles. The van der Waals surface area contributed by atoms with E-state index in [1.807, 2.05) is 17.0 Å². The fraction of sp³-hybridized carbons (Fsp3) is 0.382. The molecule has 46 heavy (non-hydrogen) atoms. The molecule has 3 atom stereocenters. The lowest BCUT2D eigenvalue weighted by atomic mass is 9.95. The number of benzene rings is 2. The van der Waals surface area contributed by atoms with Gasteiger partial charge in [-0.25, -0.2) is 15.4 Å². The molecule has 3 aliphatic heterocycles. The number of hydrogen-bond donors (Lipinski definition) is 0. The maximum absolute atomic E-state index is 16.8. The Morgan fingerprint density at radius 2 is 2.04 bits per heavy atom. The first-order chi connectivity index (χ1) is 22.3. The van der Waals surface area contributed by atoms with Crippen LogP contribution in [-0.4, -0.2) is 94.3 Å². The summed E-state index contributed by atoms with van der Waals surface area (Å²) in [5.74, 6) is -0.384. The Bertz CT molecular complexity index is 1900. The predicted molar refractivity (Wildman–Crippen MR) is 173 cm³/mol. The van der Waals surface area contributed by atoms with Crippen LogP contribution in [0.2, 0.25) is 5.02 Å². The Morgan fingerprint density at radius 3 is 2.87 bits per heavy atom. The van der Waals surface area contributed by atoms with Crippen LogP contribution in [0.5, 0.6) is 6.01 Å². The smallest absolute Gasteiger partial charge is 0.319 e. The van der Waals surface area contributed by atoms with Gasteiger partial charge in [0.05, 0.1) is 5.54 Å². The van der Waals surface area contributed by atoms with Crippen molar-refractivity contribution in [3.8, 4) is 17.1 Å². The van der Waals surface area contributed by atoms with Gasteiger partial charge in [0.1, 0.15) is 30.2 Å². The highest BCUT2D eigenvalue weighted by Crippen LogP contribution is 2.41. The molecule has 0 N–H and O–H groups in total. The van der Waals surface area contributed by atoms with Crippen molar-refractivity contribution in [3.05, 3.63) is 77.6 Å². The fourth-order valence-corrected chi connectivity index (χ4v) is 7.68. The van der Waals surface area contributed by atoms with Crippen LogP contribution in [0.25, 0.3) is 37.6 Å². The largest absolute Gasteiger partial charge is 0.461 e. The number of nitrogens with zero attached hydrogens (tertiary/aromatic N) is 7. The first-order valence-corrected chi connectivity index (χ1v) is 15.8. The van der Waals surface area contributed by atoms with E-state index in [4.69, 9.17) is 27.9 Å². The molecule has 7 rings (SSSR count). The number of halogens is 3. The van der Waals surface area contributed by atoms with Crippen LogP contribution in [-0.2, 0) is 4.79 Å². The van der Waals surface area contributed by atoms with Crippen LogP contribution >= 0.6 is 11.6 Å². The molecule has 236 valence electrons. The summed E-state index contributed by atoms with van der Waals surface area (Å²) < 4.78 is 37.5. The van der Waals surface area contributed by atoms with Crippen LogP contribution in [0.3, 0.4) is 0 Å². The minimum absolute atomic E-state index is 0.0116. The summed E-state index contributed by atoms with van der Waals surface area (Å²) in [5, 5.41) is 2.39. The number of rotatable bonds is 7. The van der Waals surface area contributed by atoms with E-state index in [1.165, 1.54) is 6.08 Å². The predicted octanol–water partition coefficient (Wildman–Crippen LogP) is 5.72. The summed E-state index contributed by atoms with van der Waals surface area (Å²) in [6.07, 6.45) is 5.73. The van der Waals surface area contributed by atoms with E-state index < -0.39 is 23.6 Å². The summed E-state index contributed by atoms with van der Waals surface area (Å²) >= 11 is 6.59. The van der Waals surface area contributed by atoms with Crippen molar-refractivity contribution in [2.45, 2.75) is 37.0 Å². The SMILES string of the molecule is [C-]#[N+]C[C@H]1CN(c2nc(OCC34CCCN3C[C@H](F)C4)nc3c(F)c(-c4cncc5cccc(Cl)c45)ccc23)CCN1C(=O)C=C. The number of ether oxygens (including phenoxy) is 1. The van der Waals surface area contributed by atoms with E-state index in [1.54, 1.807) is 35.5 Å². The fourth-order valence-electron chi connectivity index (χ4n) is 7.40. The topological polar surface area (TPSA) is 79.1 Å². The van der Waals surface area contributed by atoms with Crippen molar-refractivity contribution in [2.75, 3.05) is 50.8 Å². The van der Waals surface area contributed by atoms with E-state index in [0.29, 0.717) is 59.8 Å². The lowest BCUT2D eigenvalue weighted by Gasteiger charge is -2.39. The minimum atomic E-state index is -0.924. The molecule has 12 heteroatoms. The molecular weight excluding hydrogens is 612 g/mol. The van der Waals surface area contributed by atoms with Crippen molar-refractivity contribution >= 4 is 45.0 Å². The molecule has 2 aromatic carbocycles. The standard InChI is InChI=1S/C34H32ClF2N7O2/c1-3-28(45)44-13-12-42(19-23(44)16-38-2)32-25-9-8-24(26-17-39-15-21-6-4-7-27(35)29(21)26)30(37)31(25)40-33(41-32)46-20-34-10-5-11-43(34)18-22(36)14-34/h3-4,6-9,15,17,22-23H,1,5,10-14,16,18-20H2/t22-,23+,34?/m1/s1. The molecule has 3 fully saturated rings. The van der Waals surface area contributed by atoms with E-state index in [-0.39, 0.29) is 36.1 Å². The van der Waals surface area contributed by atoms with Crippen LogP contribution in [0.1, 0.15) is 19.3 Å². The first-order valence-electron chi connectivity index (χ1n) is 15.4. The third-order valence-electron chi connectivity index (χ3n) is 9.56. The molecule has 0 saturated carbocycles. The number of anilines is 1. The maximum atomic E-state index is 16.8. The van der Waals surface area contributed by atoms with Gasteiger partial charge < -0.3 is 19.4 Å². The number of aromatic nitrogens is 3. The average molecular weight is 644 g/mol. The van der Waals surface area contributed by atoms with Gasteiger partial charge in [-0.2, -0.15) is 9.97 Å². The third kappa shape index (κ3) is 5.19. The number of alkyl halides is 1. The quantitative estimate of drug-likeness (QED) is 0.188. The lowest BCUT2D eigenvalue weighted by Crippen LogP contribution is -2.56. The zero-order chi connectivity index (χ0) is 32.0. The first kappa shape index (κ1) is 30.3. The van der Waals surface area contributed by atoms with Gasteiger partial charge in [-0.05, 0) is 37.6 Å². The van der Waals surface area contributed by atoms with Gasteiger partial charge in [0.15, 0.2) is 5.82 Å². The summed E-state index contributed by atoms with van der Waals surface area (Å²) in [5.41, 5.74) is 0.419. The summed E-state index contributed by atoms with van der Waals surface area (Å²) in [4.78, 5) is 35.6. The number of fused-ring (bicyclic) bond motifs is 3. The number of pyridine rings is 1. The molecule has 0 bridgehead atoms. The molecule has 1 unspecified atom stereocenters. The number of piperazine rings is 1. The summed E-state index contributed by atoms with van der Waals surface area (Å²) in [6.45, 7) is 13.6. The van der Waals surface area contributed by atoms with E-state index in [9.17, 15) is 9.18 Å². The van der Waals surface area contributed by atoms with E-state index >= 15 is 4.39 Å². The van der Waals surface area contributed by atoms with Crippen LogP contribution in [0.4, 0.5) is 14.6 Å². The highest BCUT2D eigenvalue weighted by molar-refractivity contribution is 6.36. The average Bonchev–Trinajstić information content (AvgIpc) is 3.59. The molecule has 5 heterocycles. The van der Waals surface area contributed by atoms with Gasteiger partial charge in [0.2, 0.25) is 12.5 Å². The second-order valence-electron chi connectivity index (χ2n) is 12.2. The minimum Gasteiger partial charge on any atom is -0.461 e. The maximum Gasteiger partial charge on any atom is 0.319 e. The van der Waals surface area contributed by atoms with Crippen molar-refractivity contribution < 1.29 is 18.3 Å². The molecule has 4 aromatic rings. The van der Waals surface area contributed by atoms with Gasteiger partial charge in [-0.1, -0.05) is 36.4 Å². The normalized spacial score (nSPS) is 23.1.